The molecule has 0 radical (unpaired) electrons. The Bertz CT molecular complexity index is 1100. The first-order valence-corrected chi connectivity index (χ1v) is 8.85. The van der Waals surface area contributed by atoms with Gasteiger partial charge in [0.05, 0.1) is 29.9 Å². The number of carbonyl (C=O) groups excluding carboxylic acids is 2. The van der Waals surface area contributed by atoms with E-state index in [1.807, 2.05) is 0 Å². The molecule has 0 aliphatic carbocycles. The molecule has 0 saturated heterocycles. The number of hydrazine groups is 1. The minimum absolute atomic E-state index is 0.213. The summed E-state index contributed by atoms with van der Waals surface area (Å²) in [5, 5.41) is 4.16. The Labute approximate surface area is 169 Å². The first-order valence-electron chi connectivity index (χ1n) is 8.85. The molecule has 0 spiro atoms. The van der Waals surface area contributed by atoms with Gasteiger partial charge >= 0.3 is 5.97 Å². The molecule has 2 aromatic carbocycles. The fourth-order valence-corrected chi connectivity index (χ4v) is 2.65. The summed E-state index contributed by atoms with van der Waals surface area (Å²) >= 11 is 0. The number of halogens is 3. The van der Waals surface area contributed by atoms with Gasteiger partial charge in [0.1, 0.15) is 5.56 Å². The van der Waals surface area contributed by atoms with E-state index in [0.29, 0.717) is 16.9 Å². The van der Waals surface area contributed by atoms with Crippen LogP contribution in [-0.2, 0) is 4.74 Å². The van der Waals surface area contributed by atoms with E-state index in [1.165, 1.54) is 23.0 Å². The maximum absolute atomic E-state index is 13.6. The largest absolute Gasteiger partial charge is 0.462 e. The highest BCUT2D eigenvalue weighted by Gasteiger charge is 2.17. The van der Waals surface area contributed by atoms with Crippen molar-refractivity contribution in [2.75, 3.05) is 12.0 Å². The molecule has 0 atom stereocenters. The van der Waals surface area contributed by atoms with Crippen molar-refractivity contribution in [1.29, 1.82) is 0 Å². The predicted molar refractivity (Wildman–Crippen MR) is 102 cm³/mol. The van der Waals surface area contributed by atoms with E-state index in [-0.39, 0.29) is 12.2 Å². The zero-order valence-electron chi connectivity index (χ0n) is 16.0. The van der Waals surface area contributed by atoms with Gasteiger partial charge in [0.2, 0.25) is 0 Å². The zero-order chi connectivity index (χ0) is 21.8. The average Bonchev–Trinajstić information content (AvgIpc) is 3.13. The summed E-state index contributed by atoms with van der Waals surface area (Å²) in [7, 11) is 0. The number of ether oxygens (including phenoxy) is 1. The molecule has 1 aromatic heterocycles. The maximum atomic E-state index is 13.6. The number of hydrogen-bond acceptors (Lipinski definition) is 5. The number of rotatable bonds is 6. The van der Waals surface area contributed by atoms with Crippen LogP contribution in [0.15, 0.2) is 42.6 Å². The van der Waals surface area contributed by atoms with Crippen molar-refractivity contribution in [2.24, 2.45) is 0 Å². The van der Waals surface area contributed by atoms with Gasteiger partial charge in [0.15, 0.2) is 17.5 Å². The summed E-state index contributed by atoms with van der Waals surface area (Å²) in [5.74, 6) is -5.53. The number of nitrogens with one attached hydrogen (secondary N) is 2. The molecule has 0 saturated carbocycles. The third kappa shape index (κ3) is 4.12. The molecule has 3 rings (SSSR count). The SMILES string of the molecule is CCOC(=O)c1cnn(-c2ccc(C(=O)NNc3ccc(F)c(F)c3F)cc2)c1C. The number of hydrogen-bond donors (Lipinski definition) is 2. The molecule has 1 amide bonds. The monoisotopic (exact) mass is 418 g/mol. The van der Waals surface area contributed by atoms with E-state index < -0.39 is 35.0 Å². The molecule has 7 nitrogen and oxygen atoms in total. The lowest BCUT2D eigenvalue weighted by Crippen LogP contribution is -2.30. The van der Waals surface area contributed by atoms with Crippen molar-refractivity contribution in [2.45, 2.75) is 13.8 Å². The van der Waals surface area contributed by atoms with Crippen LogP contribution in [0.3, 0.4) is 0 Å². The second-order valence-electron chi connectivity index (χ2n) is 6.12. The van der Waals surface area contributed by atoms with Crippen LogP contribution in [0.2, 0.25) is 0 Å². The summed E-state index contributed by atoms with van der Waals surface area (Å²) in [4.78, 5) is 24.1. The Balaban J connectivity index is 1.71. The summed E-state index contributed by atoms with van der Waals surface area (Å²) in [6, 6.07) is 7.86. The van der Waals surface area contributed by atoms with Gasteiger partial charge in [-0.2, -0.15) is 5.10 Å². The Hall–Kier alpha value is -3.82. The van der Waals surface area contributed by atoms with Crippen molar-refractivity contribution < 1.29 is 27.5 Å². The molecule has 0 unspecified atom stereocenters. The van der Waals surface area contributed by atoms with Crippen LogP contribution < -0.4 is 10.9 Å². The van der Waals surface area contributed by atoms with Gasteiger partial charge in [-0.25, -0.2) is 22.6 Å². The number of esters is 1. The van der Waals surface area contributed by atoms with Crippen molar-refractivity contribution in [3.63, 3.8) is 0 Å². The van der Waals surface area contributed by atoms with E-state index >= 15 is 0 Å². The van der Waals surface area contributed by atoms with Crippen LogP contribution in [0.5, 0.6) is 0 Å². The molecule has 2 N–H and O–H groups in total. The van der Waals surface area contributed by atoms with Crippen LogP contribution in [0.1, 0.15) is 33.3 Å². The van der Waals surface area contributed by atoms with Crippen molar-refractivity contribution in [3.05, 3.63) is 76.9 Å². The number of carbonyl (C=O) groups is 2. The number of nitrogens with zero attached hydrogens (tertiary/aromatic N) is 2. The normalized spacial score (nSPS) is 10.6. The molecule has 0 aliphatic heterocycles. The van der Waals surface area contributed by atoms with E-state index in [9.17, 15) is 22.8 Å². The van der Waals surface area contributed by atoms with Crippen LogP contribution >= 0.6 is 0 Å². The summed E-state index contributed by atoms with van der Waals surface area (Å²) < 4.78 is 46.3. The molecule has 0 bridgehead atoms. The predicted octanol–water partition coefficient (Wildman–Crippen LogP) is 3.53. The van der Waals surface area contributed by atoms with Gasteiger partial charge in [-0.3, -0.25) is 15.6 Å². The summed E-state index contributed by atoms with van der Waals surface area (Å²) in [6.45, 7) is 3.66. The van der Waals surface area contributed by atoms with Crippen molar-refractivity contribution in [3.8, 4) is 5.69 Å². The first kappa shape index (κ1) is 20.9. The van der Waals surface area contributed by atoms with Crippen LogP contribution in [0.4, 0.5) is 18.9 Å². The van der Waals surface area contributed by atoms with Crippen molar-refractivity contribution in [1.82, 2.24) is 15.2 Å². The fraction of sp³-hybridized carbons (Fsp3) is 0.150. The van der Waals surface area contributed by atoms with Gasteiger partial charge in [-0.1, -0.05) is 0 Å². The highest BCUT2D eigenvalue weighted by molar-refractivity contribution is 5.95. The van der Waals surface area contributed by atoms with E-state index in [2.05, 4.69) is 16.0 Å². The number of amides is 1. The number of anilines is 1. The van der Waals surface area contributed by atoms with E-state index in [4.69, 9.17) is 4.74 Å². The summed E-state index contributed by atoms with van der Waals surface area (Å²) in [6.07, 6.45) is 1.40. The van der Waals surface area contributed by atoms with Crippen molar-refractivity contribution >= 4 is 17.6 Å². The van der Waals surface area contributed by atoms with Gasteiger partial charge in [0.25, 0.3) is 5.91 Å². The molecule has 10 heteroatoms. The Kier molecular flexibility index (Phi) is 6.05. The Morgan fingerprint density at radius 2 is 1.77 bits per heavy atom. The highest BCUT2D eigenvalue weighted by Crippen LogP contribution is 2.19. The molecular formula is C20H17F3N4O3. The van der Waals surface area contributed by atoms with Crippen LogP contribution in [0, 0.1) is 24.4 Å². The smallest absolute Gasteiger partial charge is 0.341 e. The van der Waals surface area contributed by atoms with Crippen LogP contribution in [-0.4, -0.2) is 28.3 Å². The van der Waals surface area contributed by atoms with Gasteiger partial charge in [-0.15, -0.1) is 0 Å². The molecule has 0 aliphatic rings. The lowest BCUT2D eigenvalue weighted by molar-refractivity contribution is 0.0525. The third-order valence-corrected chi connectivity index (χ3v) is 4.23. The second-order valence-corrected chi connectivity index (χ2v) is 6.12. The molecular weight excluding hydrogens is 401 g/mol. The van der Waals surface area contributed by atoms with Gasteiger partial charge in [-0.05, 0) is 50.2 Å². The quantitative estimate of drug-likeness (QED) is 0.363. The molecule has 1 heterocycles. The van der Waals surface area contributed by atoms with Gasteiger partial charge < -0.3 is 4.74 Å². The average molecular weight is 418 g/mol. The van der Waals surface area contributed by atoms with Gasteiger partial charge in [0, 0.05) is 5.56 Å². The second kappa shape index (κ2) is 8.68. The minimum atomic E-state index is -1.64. The van der Waals surface area contributed by atoms with E-state index in [1.54, 1.807) is 26.0 Å². The molecule has 0 fully saturated rings. The first-order chi connectivity index (χ1) is 14.3. The minimum Gasteiger partial charge on any atom is -0.462 e. The third-order valence-electron chi connectivity index (χ3n) is 4.23. The maximum Gasteiger partial charge on any atom is 0.341 e. The molecule has 156 valence electrons. The topological polar surface area (TPSA) is 85.2 Å². The molecule has 30 heavy (non-hydrogen) atoms. The van der Waals surface area contributed by atoms with E-state index in [0.717, 1.165) is 12.1 Å². The number of aromatic nitrogens is 2. The number of benzene rings is 2. The lowest BCUT2D eigenvalue weighted by Gasteiger charge is -2.11. The van der Waals surface area contributed by atoms with Crippen LogP contribution in [0.25, 0.3) is 5.69 Å². The standard InChI is InChI=1S/C20H17F3N4O3/c1-3-30-20(29)14-10-24-27(11(14)2)13-6-4-12(5-7-13)19(28)26-25-16-9-8-15(21)17(22)18(16)23/h4-10,25H,3H2,1-2H3,(H,26,28). The Morgan fingerprint density at radius 3 is 2.43 bits per heavy atom. The summed E-state index contributed by atoms with van der Waals surface area (Å²) in [5.41, 5.74) is 5.71. The Morgan fingerprint density at radius 1 is 1.07 bits per heavy atom. The highest BCUT2D eigenvalue weighted by atomic mass is 19.2. The molecule has 3 aromatic rings. The fourth-order valence-electron chi connectivity index (χ4n) is 2.65. The zero-order valence-corrected chi connectivity index (χ0v) is 16.0. The lowest BCUT2D eigenvalue weighted by atomic mass is 10.2.